The predicted octanol–water partition coefficient (Wildman–Crippen LogP) is 22.1. The van der Waals surface area contributed by atoms with E-state index in [2.05, 4.69) is 43.5 Å². The van der Waals surface area contributed by atoms with Crippen LogP contribution in [0.2, 0.25) is 0 Å². The Morgan fingerprint density at radius 2 is 0.658 bits per heavy atom. The maximum atomic E-state index is 12.5. The van der Waals surface area contributed by atoms with Crippen molar-refractivity contribution in [1.29, 1.82) is 0 Å². The molecule has 0 heterocycles. The number of carbonyl (C=O) groups is 2. The second kappa shape index (κ2) is 65.9. The number of ether oxygens (including phenoxy) is 1. The molecular weight excluding hydrogens is 935 g/mol. The summed E-state index contributed by atoms with van der Waals surface area (Å²) < 4.78 is 5.49. The Kier molecular flexibility index (Phi) is 64.4. The number of unbranched alkanes of at least 4 members (excludes halogenated alkanes) is 50. The summed E-state index contributed by atoms with van der Waals surface area (Å²) in [4.78, 5) is 24.5. The van der Waals surface area contributed by atoms with Crippen LogP contribution in [-0.4, -0.2) is 47.4 Å². The molecule has 3 N–H and O–H groups in total. The molecule has 0 saturated carbocycles. The van der Waals surface area contributed by atoms with Gasteiger partial charge in [0.15, 0.2) is 0 Å². The minimum Gasteiger partial charge on any atom is -0.466 e. The molecular formula is C70H135NO5. The highest BCUT2D eigenvalue weighted by molar-refractivity contribution is 5.76. The summed E-state index contributed by atoms with van der Waals surface area (Å²) in [6.45, 7) is 4.95. The van der Waals surface area contributed by atoms with Crippen molar-refractivity contribution >= 4 is 11.9 Å². The largest absolute Gasteiger partial charge is 0.466 e. The first-order valence-electron chi connectivity index (χ1n) is 34.6. The Bertz CT molecular complexity index is 1190. The average molecular weight is 1070 g/mol. The standard InChI is InChI=1S/C70H135NO5/c1-3-5-7-9-11-13-15-17-35-40-44-48-52-56-60-64-70(75)76-65-61-57-53-49-45-41-37-34-32-30-28-26-24-22-20-18-19-21-23-25-27-29-31-33-36-39-43-47-51-55-59-63-69(74)71-67(66-72)68(73)62-58-54-50-46-42-38-16-14-12-10-8-6-4-2/h11,13,17,35,67-68,72-73H,3-10,12,14-16,18-34,36-66H2,1-2H3,(H,71,74)/b13-11-,35-17-. The molecule has 0 bridgehead atoms. The molecule has 76 heavy (non-hydrogen) atoms. The van der Waals surface area contributed by atoms with E-state index in [1.54, 1.807) is 0 Å². The SMILES string of the molecule is CCCCC/C=C\C/C=C\CCCCCCCC(=O)OCCCCCCCCCCCCCCCCCCCCCCCCCCCCCCCCCC(=O)NC(CO)C(O)CCCCCCCCCCCCCCC. The molecule has 0 aliphatic heterocycles. The molecule has 0 aliphatic carbocycles. The van der Waals surface area contributed by atoms with Crippen molar-refractivity contribution in [3.05, 3.63) is 24.3 Å². The Morgan fingerprint density at radius 1 is 0.368 bits per heavy atom. The van der Waals surface area contributed by atoms with Crippen molar-refractivity contribution in [3.8, 4) is 0 Å². The minimum atomic E-state index is -0.660. The lowest BCUT2D eigenvalue weighted by atomic mass is 10.0. The van der Waals surface area contributed by atoms with Crippen LogP contribution < -0.4 is 5.32 Å². The maximum Gasteiger partial charge on any atom is 0.305 e. The van der Waals surface area contributed by atoms with Crippen LogP contribution in [0.5, 0.6) is 0 Å². The highest BCUT2D eigenvalue weighted by Crippen LogP contribution is 2.19. The molecule has 2 unspecified atom stereocenters. The van der Waals surface area contributed by atoms with E-state index in [0.29, 0.717) is 25.9 Å². The second-order valence-electron chi connectivity index (χ2n) is 23.9. The number of esters is 1. The molecule has 450 valence electrons. The summed E-state index contributed by atoms with van der Waals surface area (Å²) in [5.41, 5.74) is 0. The third-order valence-corrected chi connectivity index (χ3v) is 16.3. The first kappa shape index (κ1) is 74.3. The lowest BCUT2D eigenvalue weighted by Crippen LogP contribution is -2.45. The van der Waals surface area contributed by atoms with Gasteiger partial charge < -0.3 is 20.3 Å². The molecule has 1 amide bonds. The van der Waals surface area contributed by atoms with Gasteiger partial charge in [-0.3, -0.25) is 9.59 Å². The van der Waals surface area contributed by atoms with E-state index < -0.39 is 12.1 Å². The van der Waals surface area contributed by atoms with Gasteiger partial charge in [0.2, 0.25) is 5.91 Å². The molecule has 0 aromatic carbocycles. The summed E-state index contributed by atoms with van der Waals surface area (Å²) >= 11 is 0. The summed E-state index contributed by atoms with van der Waals surface area (Å²) in [6.07, 6.45) is 82.3. The van der Waals surface area contributed by atoms with Crippen LogP contribution >= 0.6 is 0 Å². The first-order chi connectivity index (χ1) is 37.5. The number of carbonyl (C=O) groups excluding carboxylic acids is 2. The number of allylic oxidation sites excluding steroid dienone is 4. The second-order valence-corrected chi connectivity index (χ2v) is 23.9. The quantitative estimate of drug-likeness (QED) is 0.0320. The third-order valence-electron chi connectivity index (χ3n) is 16.3. The van der Waals surface area contributed by atoms with Crippen molar-refractivity contribution in [2.75, 3.05) is 13.2 Å². The van der Waals surface area contributed by atoms with Gasteiger partial charge in [0.1, 0.15) is 0 Å². The molecule has 0 aromatic heterocycles. The normalized spacial score (nSPS) is 12.6. The third kappa shape index (κ3) is 61.6. The van der Waals surface area contributed by atoms with Gasteiger partial charge in [-0.15, -0.1) is 0 Å². The van der Waals surface area contributed by atoms with Crippen LogP contribution in [0.4, 0.5) is 0 Å². The van der Waals surface area contributed by atoms with Crippen LogP contribution in [0, 0.1) is 0 Å². The van der Waals surface area contributed by atoms with E-state index in [4.69, 9.17) is 4.74 Å². The van der Waals surface area contributed by atoms with Gasteiger partial charge in [-0.2, -0.15) is 0 Å². The van der Waals surface area contributed by atoms with Gasteiger partial charge in [-0.05, 0) is 57.8 Å². The van der Waals surface area contributed by atoms with E-state index in [9.17, 15) is 19.8 Å². The minimum absolute atomic E-state index is 0.00709. The summed E-state index contributed by atoms with van der Waals surface area (Å²) in [7, 11) is 0. The van der Waals surface area contributed by atoms with Crippen molar-refractivity contribution in [2.45, 2.75) is 398 Å². The highest BCUT2D eigenvalue weighted by Gasteiger charge is 2.20. The fourth-order valence-corrected chi connectivity index (χ4v) is 11.0. The van der Waals surface area contributed by atoms with Crippen LogP contribution in [-0.2, 0) is 14.3 Å². The summed E-state index contributed by atoms with van der Waals surface area (Å²) in [5.74, 6) is -0.0217. The number of nitrogens with one attached hydrogen (secondary N) is 1. The first-order valence-corrected chi connectivity index (χ1v) is 34.6. The van der Waals surface area contributed by atoms with Crippen LogP contribution in [0.15, 0.2) is 24.3 Å². The number of aliphatic hydroxyl groups excluding tert-OH is 2. The van der Waals surface area contributed by atoms with Crippen LogP contribution in [0.1, 0.15) is 386 Å². The predicted molar refractivity (Wildman–Crippen MR) is 333 cm³/mol. The molecule has 0 saturated heterocycles. The number of hydrogen-bond donors (Lipinski definition) is 3. The van der Waals surface area contributed by atoms with E-state index >= 15 is 0 Å². The molecule has 0 spiro atoms. The van der Waals surface area contributed by atoms with Crippen molar-refractivity contribution in [2.24, 2.45) is 0 Å². The van der Waals surface area contributed by atoms with Crippen LogP contribution in [0.25, 0.3) is 0 Å². The highest BCUT2D eigenvalue weighted by atomic mass is 16.5. The molecule has 0 aromatic rings. The van der Waals surface area contributed by atoms with Gasteiger partial charge in [-0.25, -0.2) is 0 Å². The van der Waals surface area contributed by atoms with E-state index in [-0.39, 0.29) is 18.5 Å². The molecule has 0 rings (SSSR count). The topological polar surface area (TPSA) is 95.9 Å². The summed E-state index contributed by atoms with van der Waals surface area (Å²) in [5, 5.41) is 23.3. The fourth-order valence-electron chi connectivity index (χ4n) is 11.0. The molecule has 2 atom stereocenters. The van der Waals surface area contributed by atoms with E-state index in [0.717, 1.165) is 51.4 Å². The van der Waals surface area contributed by atoms with E-state index in [1.165, 1.54) is 302 Å². The Morgan fingerprint density at radius 3 is 1.03 bits per heavy atom. The Labute approximate surface area is 475 Å². The summed E-state index contributed by atoms with van der Waals surface area (Å²) in [6, 6.07) is -0.537. The zero-order valence-corrected chi connectivity index (χ0v) is 51.5. The number of hydrogen-bond acceptors (Lipinski definition) is 5. The molecule has 6 nitrogen and oxygen atoms in total. The van der Waals surface area contributed by atoms with Gasteiger partial charge in [0, 0.05) is 12.8 Å². The Balaban J connectivity index is 3.31. The number of amides is 1. The maximum absolute atomic E-state index is 12.5. The van der Waals surface area contributed by atoms with Crippen molar-refractivity contribution < 1.29 is 24.5 Å². The smallest absolute Gasteiger partial charge is 0.305 e. The van der Waals surface area contributed by atoms with Crippen LogP contribution in [0.3, 0.4) is 0 Å². The van der Waals surface area contributed by atoms with Crippen molar-refractivity contribution in [3.63, 3.8) is 0 Å². The average Bonchev–Trinajstić information content (AvgIpc) is 3.42. The monoisotopic (exact) mass is 1070 g/mol. The molecule has 0 fully saturated rings. The van der Waals surface area contributed by atoms with Gasteiger partial charge in [0.25, 0.3) is 0 Å². The van der Waals surface area contributed by atoms with Gasteiger partial charge in [-0.1, -0.05) is 340 Å². The zero-order chi connectivity index (χ0) is 55.0. The zero-order valence-electron chi connectivity index (χ0n) is 51.5. The lowest BCUT2D eigenvalue weighted by molar-refractivity contribution is -0.143. The fraction of sp³-hybridized carbons (Fsp3) is 0.914. The lowest BCUT2D eigenvalue weighted by Gasteiger charge is -2.22. The van der Waals surface area contributed by atoms with Gasteiger partial charge in [0.05, 0.1) is 25.4 Å². The molecule has 0 aliphatic rings. The van der Waals surface area contributed by atoms with E-state index in [1.807, 2.05) is 0 Å². The van der Waals surface area contributed by atoms with Crippen molar-refractivity contribution in [1.82, 2.24) is 5.32 Å². The number of rotatable bonds is 65. The Hall–Kier alpha value is -1.66. The molecule has 6 heteroatoms. The van der Waals surface area contributed by atoms with Gasteiger partial charge >= 0.3 is 5.97 Å². The number of aliphatic hydroxyl groups is 2. The molecule has 0 radical (unpaired) electrons.